The summed E-state index contributed by atoms with van der Waals surface area (Å²) < 4.78 is 40.3. The van der Waals surface area contributed by atoms with Crippen LogP contribution in [-0.2, 0) is 21.4 Å². The molecular formula is C13H14FN3O3S. The Labute approximate surface area is 121 Å². The van der Waals surface area contributed by atoms with Crippen molar-refractivity contribution in [2.75, 3.05) is 5.32 Å². The molecular weight excluding hydrogens is 297 g/mol. The summed E-state index contributed by atoms with van der Waals surface area (Å²) in [6.07, 6.45) is 3.30. The summed E-state index contributed by atoms with van der Waals surface area (Å²) in [6, 6.07) is 5.11. The molecule has 0 aliphatic rings. The van der Waals surface area contributed by atoms with Gasteiger partial charge in [-0.15, -0.1) is 0 Å². The minimum atomic E-state index is -3.96. The Hall–Kier alpha value is -2.19. The van der Waals surface area contributed by atoms with E-state index in [1.165, 1.54) is 13.0 Å². The number of anilines is 1. The average Bonchev–Trinajstić information content (AvgIpc) is 2.88. The predicted molar refractivity (Wildman–Crippen MR) is 75.5 cm³/mol. The second kappa shape index (κ2) is 6.06. The smallest absolute Gasteiger partial charge is 0.243 e. The Kier molecular flexibility index (Phi) is 4.39. The van der Waals surface area contributed by atoms with Gasteiger partial charge in [0.1, 0.15) is 10.7 Å². The van der Waals surface area contributed by atoms with Crippen molar-refractivity contribution in [3.05, 3.63) is 48.0 Å². The minimum absolute atomic E-state index is 0.0543. The van der Waals surface area contributed by atoms with E-state index in [0.717, 1.165) is 17.7 Å². The van der Waals surface area contributed by atoms with Crippen LogP contribution in [0, 0.1) is 5.82 Å². The number of hydrogen-bond donors (Lipinski definition) is 3. The van der Waals surface area contributed by atoms with Gasteiger partial charge in [-0.05, 0) is 29.8 Å². The Bertz CT molecular complexity index is 742. The van der Waals surface area contributed by atoms with Crippen molar-refractivity contribution < 1.29 is 17.6 Å². The van der Waals surface area contributed by atoms with Crippen LogP contribution in [-0.4, -0.2) is 19.3 Å². The van der Waals surface area contributed by atoms with E-state index in [0.29, 0.717) is 0 Å². The van der Waals surface area contributed by atoms with E-state index in [9.17, 15) is 17.6 Å². The van der Waals surface area contributed by atoms with Crippen LogP contribution in [0.15, 0.2) is 41.6 Å². The molecule has 0 aliphatic carbocycles. The Balaban J connectivity index is 2.17. The fraction of sp³-hybridized carbons (Fsp3) is 0.154. The van der Waals surface area contributed by atoms with Gasteiger partial charge in [0, 0.05) is 31.5 Å². The highest BCUT2D eigenvalue weighted by Crippen LogP contribution is 2.19. The maximum Gasteiger partial charge on any atom is 0.243 e. The number of benzene rings is 1. The third kappa shape index (κ3) is 3.89. The van der Waals surface area contributed by atoms with E-state index < -0.39 is 20.7 Å². The molecule has 0 bridgehead atoms. The first-order valence-electron chi connectivity index (χ1n) is 6.07. The number of nitrogens with one attached hydrogen (secondary N) is 3. The first kappa shape index (κ1) is 15.2. The molecule has 0 atom stereocenters. The molecule has 0 saturated heterocycles. The fourth-order valence-electron chi connectivity index (χ4n) is 1.72. The Morgan fingerprint density at radius 3 is 2.67 bits per heavy atom. The molecule has 1 aromatic heterocycles. The van der Waals surface area contributed by atoms with Gasteiger partial charge in [-0.25, -0.2) is 17.5 Å². The third-order valence-corrected chi connectivity index (χ3v) is 4.10. The summed E-state index contributed by atoms with van der Waals surface area (Å²) in [4.78, 5) is 13.2. The van der Waals surface area contributed by atoms with Gasteiger partial charge in [0.2, 0.25) is 15.9 Å². The average molecular weight is 311 g/mol. The van der Waals surface area contributed by atoms with Crippen LogP contribution < -0.4 is 10.0 Å². The van der Waals surface area contributed by atoms with Crippen molar-refractivity contribution in [3.8, 4) is 0 Å². The van der Waals surface area contributed by atoms with Crippen LogP contribution in [0.5, 0.6) is 0 Å². The standard InChI is InChI=1S/C13H14FN3O3S/c1-9(18)17-11-2-3-13(12(14)6-11)21(19,20)16-8-10-4-5-15-7-10/h2-7,15-16H,8H2,1H3,(H,17,18). The van der Waals surface area contributed by atoms with Crippen molar-refractivity contribution in [1.82, 2.24) is 9.71 Å². The van der Waals surface area contributed by atoms with Crippen molar-refractivity contribution in [2.45, 2.75) is 18.4 Å². The maximum absolute atomic E-state index is 13.9. The van der Waals surface area contributed by atoms with E-state index >= 15 is 0 Å². The number of amides is 1. The molecule has 0 radical (unpaired) electrons. The minimum Gasteiger partial charge on any atom is -0.367 e. The first-order chi connectivity index (χ1) is 9.88. The molecule has 2 rings (SSSR count). The highest BCUT2D eigenvalue weighted by molar-refractivity contribution is 7.89. The number of halogens is 1. The predicted octanol–water partition coefficient (Wildman–Crippen LogP) is 1.59. The van der Waals surface area contributed by atoms with Crippen LogP contribution in [0.3, 0.4) is 0 Å². The van der Waals surface area contributed by atoms with Crippen molar-refractivity contribution >= 4 is 21.6 Å². The summed E-state index contributed by atoms with van der Waals surface area (Å²) in [7, 11) is -3.96. The molecule has 21 heavy (non-hydrogen) atoms. The zero-order valence-corrected chi connectivity index (χ0v) is 12.0. The van der Waals surface area contributed by atoms with Gasteiger partial charge in [0.25, 0.3) is 0 Å². The molecule has 1 amide bonds. The lowest BCUT2D eigenvalue weighted by Crippen LogP contribution is -2.24. The number of H-pyrrole nitrogens is 1. The molecule has 2 aromatic rings. The molecule has 0 saturated carbocycles. The van der Waals surface area contributed by atoms with Crippen molar-refractivity contribution in [2.24, 2.45) is 0 Å². The number of sulfonamides is 1. The first-order valence-corrected chi connectivity index (χ1v) is 7.55. The van der Waals surface area contributed by atoms with E-state index in [4.69, 9.17) is 0 Å². The van der Waals surface area contributed by atoms with Gasteiger partial charge in [-0.3, -0.25) is 4.79 Å². The van der Waals surface area contributed by atoms with Crippen LogP contribution in [0.2, 0.25) is 0 Å². The summed E-state index contributed by atoms with van der Waals surface area (Å²) in [5.74, 6) is -1.29. The second-order valence-electron chi connectivity index (χ2n) is 4.37. The number of carbonyl (C=O) groups is 1. The van der Waals surface area contributed by atoms with Gasteiger partial charge < -0.3 is 10.3 Å². The van der Waals surface area contributed by atoms with Crippen LogP contribution in [0.1, 0.15) is 12.5 Å². The lowest BCUT2D eigenvalue weighted by Gasteiger charge is -2.08. The highest BCUT2D eigenvalue weighted by Gasteiger charge is 2.19. The van der Waals surface area contributed by atoms with Crippen LogP contribution in [0.25, 0.3) is 0 Å². The van der Waals surface area contributed by atoms with E-state index in [1.54, 1.807) is 18.5 Å². The zero-order chi connectivity index (χ0) is 15.5. The number of aromatic nitrogens is 1. The maximum atomic E-state index is 13.9. The molecule has 3 N–H and O–H groups in total. The summed E-state index contributed by atoms with van der Waals surface area (Å²) >= 11 is 0. The normalized spacial score (nSPS) is 11.3. The molecule has 0 spiro atoms. The topological polar surface area (TPSA) is 91.1 Å². The Morgan fingerprint density at radius 2 is 2.10 bits per heavy atom. The quantitative estimate of drug-likeness (QED) is 0.783. The van der Waals surface area contributed by atoms with Crippen molar-refractivity contribution in [3.63, 3.8) is 0 Å². The molecule has 112 valence electrons. The molecule has 0 fully saturated rings. The number of carbonyl (C=O) groups excluding carboxylic acids is 1. The van der Waals surface area contributed by atoms with E-state index in [1.807, 2.05) is 0 Å². The lowest BCUT2D eigenvalue weighted by molar-refractivity contribution is -0.114. The van der Waals surface area contributed by atoms with Gasteiger partial charge in [-0.1, -0.05) is 0 Å². The summed E-state index contributed by atoms with van der Waals surface area (Å²) in [6.45, 7) is 1.33. The van der Waals surface area contributed by atoms with E-state index in [-0.39, 0.29) is 18.1 Å². The monoisotopic (exact) mass is 311 g/mol. The number of rotatable bonds is 5. The second-order valence-corrected chi connectivity index (χ2v) is 6.11. The Morgan fingerprint density at radius 1 is 1.33 bits per heavy atom. The van der Waals surface area contributed by atoms with Gasteiger partial charge in [0.05, 0.1) is 0 Å². The number of aromatic amines is 1. The molecule has 6 nitrogen and oxygen atoms in total. The molecule has 1 heterocycles. The summed E-state index contributed by atoms with van der Waals surface area (Å²) in [5.41, 5.74) is 0.929. The van der Waals surface area contributed by atoms with E-state index in [2.05, 4.69) is 15.0 Å². The van der Waals surface area contributed by atoms with Crippen molar-refractivity contribution in [1.29, 1.82) is 0 Å². The fourth-order valence-corrected chi connectivity index (χ4v) is 2.80. The highest BCUT2D eigenvalue weighted by atomic mass is 32.2. The van der Waals surface area contributed by atoms with Gasteiger partial charge in [0.15, 0.2) is 0 Å². The largest absolute Gasteiger partial charge is 0.367 e. The van der Waals surface area contributed by atoms with Crippen LogP contribution >= 0.6 is 0 Å². The molecule has 0 unspecified atom stereocenters. The molecule has 0 aliphatic heterocycles. The molecule has 8 heteroatoms. The SMILES string of the molecule is CC(=O)Nc1ccc(S(=O)(=O)NCc2cc[nH]c2)c(F)c1. The molecule has 1 aromatic carbocycles. The zero-order valence-electron chi connectivity index (χ0n) is 11.2. The van der Waals surface area contributed by atoms with Crippen LogP contribution in [0.4, 0.5) is 10.1 Å². The lowest BCUT2D eigenvalue weighted by atomic mass is 10.3. The van der Waals surface area contributed by atoms with Gasteiger partial charge in [-0.2, -0.15) is 0 Å². The third-order valence-electron chi connectivity index (χ3n) is 2.67. The summed E-state index contributed by atoms with van der Waals surface area (Å²) in [5, 5.41) is 2.38. The van der Waals surface area contributed by atoms with Gasteiger partial charge >= 0.3 is 0 Å². The number of hydrogen-bond acceptors (Lipinski definition) is 3.